The SMILES string of the molecule is CC(C)(C)OC(=O)CN=O. The van der Waals surface area contributed by atoms with E-state index in [0.717, 1.165) is 0 Å². The summed E-state index contributed by atoms with van der Waals surface area (Å²) in [6.45, 7) is 4.79. The molecule has 0 radical (unpaired) electrons. The van der Waals surface area contributed by atoms with Crippen LogP contribution in [0.25, 0.3) is 0 Å². The molecule has 0 heterocycles. The number of nitrogens with zero attached hydrogens (tertiary/aromatic N) is 1. The van der Waals surface area contributed by atoms with Crippen LogP contribution in [0, 0.1) is 4.91 Å². The second kappa shape index (κ2) is 3.29. The number of nitroso groups, excluding NO2 is 1. The van der Waals surface area contributed by atoms with Gasteiger partial charge in [0.25, 0.3) is 0 Å². The summed E-state index contributed by atoms with van der Waals surface area (Å²) in [5.41, 5.74) is -0.526. The molecule has 0 aliphatic heterocycles. The highest BCUT2D eigenvalue weighted by Gasteiger charge is 2.15. The fraction of sp³-hybridized carbons (Fsp3) is 0.833. The van der Waals surface area contributed by atoms with Crippen LogP contribution in [0.2, 0.25) is 0 Å². The van der Waals surface area contributed by atoms with Crippen LogP contribution in [-0.4, -0.2) is 18.1 Å². The Balaban J connectivity index is 3.68. The zero-order chi connectivity index (χ0) is 8.20. The lowest BCUT2D eigenvalue weighted by Crippen LogP contribution is -2.25. The van der Waals surface area contributed by atoms with Crippen LogP contribution in [-0.2, 0) is 9.53 Å². The van der Waals surface area contributed by atoms with Gasteiger partial charge < -0.3 is 4.74 Å². The van der Waals surface area contributed by atoms with E-state index in [9.17, 15) is 9.70 Å². The first kappa shape index (κ1) is 9.07. The smallest absolute Gasteiger partial charge is 0.331 e. The summed E-state index contributed by atoms with van der Waals surface area (Å²) in [7, 11) is 0. The minimum atomic E-state index is -0.581. The molecule has 10 heavy (non-hydrogen) atoms. The molecule has 0 rings (SSSR count). The molecule has 0 atom stereocenters. The Morgan fingerprint density at radius 3 is 2.30 bits per heavy atom. The van der Waals surface area contributed by atoms with Crippen molar-refractivity contribution < 1.29 is 9.53 Å². The van der Waals surface area contributed by atoms with Crippen molar-refractivity contribution >= 4 is 5.97 Å². The predicted octanol–water partition coefficient (Wildman–Crippen LogP) is 1.09. The van der Waals surface area contributed by atoms with E-state index in [4.69, 9.17) is 4.74 Å². The Kier molecular flexibility index (Phi) is 2.99. The summed E-state index contributed by atoms with van der Waals surface area (Å²) in [6.07, 6.45) is 0. The van der Waals surface area contributed by atoms with Crippen LogP contribution in [0.5, 0.6) is 0 Å². The van der Waals surface area contributed by atoms with Crippen molar-refractivity contribution in [3.8, 4) is 0 Å². The Bertz CT molecular complexity index is 136. The Hall–Kier alpha value is -0.930. The van der Waals surface area contributed by atoms with Gasteiger partial charge in [-0.1, -0.05) is 5.18 Å². The van der Waals surface area contributed by atoms with Crippen molar-refractivity contribution in [1.82, 2.24) is 0 Å². The van der Waals surface area contributed by atoms with E-state index in [1.807, 2.05) is 0 Å². The molecule has 0 unspecified atom stereocenters. The first-order valence-corrected chi connectivity index (χ1v) is 2.96. The molecule has 4 nitrogen and oxygen atoms in total. The summed E-state index contributed by atoms with van der Waals surface area (Å²) < 4.78 is 4.75. The van der Waals surface area contributed by atoms with Crippen molar-refractivity contribution in [3.63, 3.8) is 0 Å². The van der Waals surface area contributed by atoms with Gasteiger partial charge in [-0.15, -0.1) is 0 Å². The van der Waals surface area contributed by atoms with Gasteiger partial charge in [0.15, 0.2) is 6.54 Å². The third-order valence-corrected chi connectivity index (χ3v) is 0.614. The molecule has 0 aliphatic rings. The van der Waals surface area contributed by atoms with Crippen molar-refractivity contribution in [2.45, 2.75) is 26.4 Å². The van der Waals surface area contributed by atoms with Gasteiger partial charge in [-0.2, -0.15) is 4.91 Å². The number of carbonyl (C=O) groups is 1. The first-order valence-electron chi connectivity index (χ1n) is 2.96. The van der Waals surface area contributed by atoms with Crippen molar-refractivity contribution in [3.05, 3.63) is 4.91 Å². The van der Waals surface area contributed by atoms with E-state index < -0.39 is 18.1 Å². The van der Waals surface area contributed by atoms with Gasteiger partial charge in [0.2, 0.25) is 0 Å². The molecule has 0 aliphatic carbocycles. The summed E-state index contributed by atoms with van der Waals surface area (Å²) in [5.74, 6) is -0.581. The zero-order valence-electron chi connectivity index (χ0n) is 6.38. The molecule has 0 spiro atoms. The second-order valence-electron chi connectivity index (χ2n) is 2.87. The normalized spacial score (nSPS) is 10.7. The lowest BCUT2D eigenvalue weighted by atomic mass is 10.2. The largest absolute Gasteiger partial charge is 0.458 e. The molecule has 0 saturated heterocycles. The van der Waals surface area contributed by atoms with Crippen molar-refractivity contribution in [2.75, 3.05) is 6.54 Å². The van der Waals surface area contributed by atoms with Crippen LogP contribution in [0.15, 0.2) is 5.18 Å². The quantitative estimate of drug-likeness (QED) is 0.431. The number of esters is 1. The minimum Gasteiger partial charge on any atom is -0.458 e. The maximum absolute atomic E-state index is 10.5. The highest BCUT2D eigenvalue weighted by atomic mass is 16.6. The van der Waals surface area contributed by atoms with E-state index in [0.29, 0.717) is 0 Å². The fourth-order valence-electron chi connectivity index (χ4n) is 0.426. The maximum Gasteiger partial charge on any atom is 0.331 e. The standard InChI is InChI=1S/C6H11NO3/c1-6(2,3)10-5(8)4-7-9/h4H2,1-3H3. The predicted molar refractivity (Wildman–Crippen MR) is 36.5 cm³/mol. The van der Waals surface area contributed by atoms with Crippen molar-refractivity contribution in [2.24, 2.45) is 5.18 Å². The lowest BCUT2D eigenvalue weighted by molar-refractivity contribution is -0.152. The van der Waals surface area contributed by atoms with Gasteiger partial charge >= 0.3 is 5.97 Å². The minimum absolute atomic E-state index is 0.405. The van der Waals surface area contributed by atoms with E-state index >= 15 is 0 Å². The molecular weight excluding hydrogens is 134 g/mol. The molecule has 0 N–H and O–H groups in total. The average molecular weight is 145 g/mol. The summed E-state index contributed by atoms with van der Waals surface area (Å²) in [6, 6.07) is 0. The second-order valence-corrected chi connectivity index (χ2v) is 2.87. The molecule has 0 bridgehead atoms. The zero-order valence-corrected chi connectivity index (χ0v) is 6.38. The number of rotatable bonds is 2. The fourth-order valence-corrected chi connectivity index (χ4v) is 0.426. The summed E-state index contributed by atoms with van der Waals surface area (Å²) in [4.78, 5) is 20.1. The van der Waals surface area contributed by atoms with Crippen molar-refractivity contribution in [1.29, 1.82) is 0 Å². The van der Waals surface area contributed by atoms with E-state index in [1.165, 1.54) is 0 Å². The highest BCUT2D eigenvalue weighted by molar-refractivity contribution is 5.72. The molecule has 0 aromatic carbocycles. The van der Waals surface area contributed by atoms with Gasteiger partial charge in [-0.3, -0.25) is 0 Å². The Labute approximate surface area is 59.5 Å². The van der Waals surface area contributed by atoms with E-state index in [-0.39, 0.29) is 0 Å². The maximum atomic E-state index is 10.5. The van der Waals surface area contributed by atoms with Gasteiger partial charge in [-0.05, 0) is 20.8 Å². The van der Waals surface area contributed by atoms with E-state index in [1.54, 1.807) is 20.8 Å². The third-order valence-electron chi connectivity index (χ3n) is 0.614. The number of ether oxygens (including phenoxy) is 1. The Morgan fingerprint density at radius 2 is 2.00 bits per heavy atom. The van der Waals surface area contributed by atoms with Gasteiger partial charge in [-0.25, -0.2) is 4.79 Å². The van der Waals surface area contributed by atoms with Crippen LogP contribution < -0.4 is 0 Å². The van der Waals surface area contributed by atoms with E-state index in [2.05, 4.69) is 5.18 Å². The average Bonchev–Trinajstić information content (AvgIpc) is 1.59. The molecule has 0 amide bonds. The molecule has 0 aromatic rings. The topological polar surface area (TPSA) is 55.7 Å². The third kappa shape index (κ3) is 5.21. The Morgan fingerprint density at radius 1 is 1.50 bits per heavy atom. The highest BCUT2D eigenvalue weighted by Crippen LogP contribution is 2.06. The molecular formula is C6H11NO3. The molecule has 0 aromatic heterocycles. The molecule has 0 fully saturated rings. The molecule has 58 valence electrons. The lowest BCUT2D eigenvalue weighted by Gasteiger charge is -2.17. The number of hydrogen-bond donors (Lipinski definition) is 0. The van der Waals surface area contributed by atoms with Gasteiger partial charge in [0, 0.05) is 0 Å². The number of carbonyl (C=O) groups excluding carboxylic acids is 1. The van der Waals surface area contributed by atoms with Gasteiger partial charge in [0.1, 0.15) is 5.60 Å². The first-order chi connectivity index (χ1) is 4.45. The van der Waals surface area contributed by atoms with Gasteiger partial charge in [0.05, 0.1) is 0 Å². The molecule has 4 heteroatoms. The van der Waals surface area contributed by atoms with Crippen LogP contribution in [0.3, 0.4) is 0 Å². The summed E-state index contributed by atoms with van der Waals surface area (Å²) in [5, 5.41) is 2.40. The van der Waals surface area contributed by atoms with Crippen LogP contribution in [0.1, 0.15) is 20.8 Å². The molecule has 0 saturated carbocycles. The number of hydrogen-bond acceptors (Lipinski definition) is 4. The monoisotopic (exact) mass is 145 g/mol. The summed E-state index contributed by atoms with van der Waals surface area (Å²) >= 11 is 0. The van der Waals surface area contributed by atoms with Crippen LogP contribution in [0.4, 0.5) is 0 Å². The van der Waals surface area contributed by atoms with Crippen LogP contribution >= 0.6 is 0 Å².